The molecule has 7 heteroatoms. The summed E-state index contributed by atoms with van der Waals surface area (Å²) in [4.78, 5) is 12.5. The fourth-order valence-corrected chi connectivity index (χ4v) is 3.79. The van der Waals surface area contributed by atoms with Crippen LogP contribution in [-0.4, -0.2) is 15.7 Å². The van der Waals surface area contributed by atoms with E-state index in [1.807, 2.05) is 0 Å². The Morgan fingerprint density at radius 2 is 2.04 bits per heavy atom. The molecule has 25 heavy (non-hydrogen) atoms. The van der Waals surface area contributed by atoms with Crippen LogP contribution in [0.4, 0.5) is 19.0 Å². The van der Waals surface area contributed by atoms with E-state index >= 15 is 0 Å². The zero-order chi connectivity index (χ0) is 17.8. The Bertz CT molecular complexity index is 841. The predicted molar refractivity (Wildman–Crippen MR) is 86.2 cm³/mol. The van der Waals surface area contributed by atoms with E-state index in [1.165, 1.54) is 12.1 Å². The molecule has 2 aromatic rings. The second-order valence-electron chi connectivity index (χ2n) is 6.77. The van der Waals surface area contributed by atoms with E-state index in [2.05, 4.69) is 10.4 Å². The summed E-state index contributed by atoms with van der Waals surface area (Å²) in [5.41, 5.74) is 1.64. The van der Waals surface area contributed by atoms with Crippen LogP contribution in [0.25, 0.3) is 0 Å². The molecular weight excluding hydrogens is 331 g/mol. The predicted octanol–water partition coefficient (Wildman–Crippen LogP) is 3.67. The lowest BCUT2D eigenvalue weighted by atomic mass is 10.0. The van der Waals surface area contributed by atoms with E-state index in [0.29, 0.717) is 12.2 Å². The Labute approximate surface area is 143 Å². The molecule has 1 heterocycles. The third kappa shape index (κ3) is 2.81. The third-order valence-corrected chi connectivity index (χ3v) is 5.10. The summed E-state index contributed by atoms with van der Waals surface area (Å²) in [6.07, 6.45) is -1.15. The highest BCUT2D eigenvalue weighted by Crippen LogP contribution is 2.51. The van der Waals surface area contributed by atoms with Crippen LogP contribution in [0.15, 0.2) is 24.3 Å². The number of anilines is 1. The molecule has 0 bridgehead atoms. The fourth-order valence-electron chi connectivity index (χ4n) is 3.79. The highest BCUT2D eigenvalue weighted by Gasteiger charge is 2.48. The topological polar surface area (TPSA) is 46.9 Å². The van der Waals surface area contributed by atoms with E-state index < -0.39 is 17.7 Å². The van der Waals surface area contributed by atoms with E-state index in [9.17, 15) is 18.0 Å². The first kappa shape index (κ1) is 16.2. The number of nitrogens with zero attached hydrogens (tertiary/aromatic N) is 2. The van der Waals surface area contributed by atoms with Crippen molar-refractivity contribution in [1.82, 2.24) is 9.78 Å². The minimum atomic E-state index is -4.40. The average Bonchev–Trinajstić information content (AvgIpc) is 3.15. The number of hydrogen-bond donors (Lipinski definition) is 1. The van der Waals surface area contributed by atoms with E-state index in [0.717, 1.165) is 36.6 Å². The van der Waals surface area contributed by atoms with Crippen molar-refractivity contribution in [3.63, 3.8) is 0 Å². The molecule has 1 amide bonds. The summed E-state index contributed by atoms with van der Waals surface area (Å²) in [5.74, 6) is -0.332. The molecule has 1 fully saturated rings. The smallest absolute Gasteiger partial charge is 0.310 e. The number of rotatable bonds is 3. The molecule has 2 aliphatic rings. The molecule has 4 rings (SSSR count). The van der Waals surface area contributed by atoms with Crippen LogP contribution in [0.3, 0.4) is 0 Å². The minimum Gasteiger partial charge on any atom is -0.310 e. The van der Waals surface area contributed by atoms with Crippen LogP contribution in [0.2, 0.25) is 0 Å². The number of alkyl halides is 3. The first-order valence-corrected chi connectivity index (χ1v) is 8.38. The normalized spacial score (nSPS) is 21.9. The molecule has 0 spiro atoms. The summed E-state index contributed by atoms with van der Waals surface area (Å²) in [5, 5.41) is 7.29. The van der Waals surface area contributed by atoms with Gasteiger partial charge >= 0.3 is 6.18 Å². The summed E-state index contributed by atoms with van der Waals surface area (Å²) in [6.45, 7) is 0. The van der Waals surface area contributed by atoms with Crippen molar-refractivity contribution in [3.8, 4) is 0 Å². The first-order chi connectivity index (χ1) is 11.9. The molecule has 1 aromatic heterocycles. The lowest BCUT2D eigenvalue weighted by Gasteiger charge is -2.12. The van der Waals surface area contributed by atoms with Crippen LogP contribution in [0, 0.1) is 5.92 Å². The van der Waals surface area contributed by atoms with Gasteiger partial charge in [-0.05, 0) is 43.2 Å². The molecule has 1 N–H and O–H groups in total. The zero-order valence-corrected chi connectivity index (χ0v) is 13.7. The summed E-state index contributed by atoms with van der Waals surface area (Å²) >= 11 is 0. The third-order valence-electron chi connectivity index (χ3n) is 5.10. The van der Waals surface area contributed by atoms with Gasteiger partial charge in [-0.3, -0.25) is 9.48 Å². The van der Waals surface area contributed by atoms with Crippen molar-refractivity contribution in [3.05, 3.63) is 46.6 Å². The van der Waals surface area contributed by atoms with Gasteiger partial charge in [0.05, 0.1) is 11.3 Å². The number of aromatic nitrogens is 2. The number of carbonyl (C=O) groups excluding carboxylic acids is 1. The van der Waals surface area contributed by atoms with Crippen LogP contribution in [0.5, 0.6) is 0 Å². The standard InChI is InChI=1S/C18H18F3N3O/c1-24-16(11-6-4-8-15(11)23-24)22-17(25)13-9-12(13)10-5-2-3-7-14(10)18(19,20)21/h2-3,5,7,12-13H,4,6,8-9H2,1H3,(H,22,25). The van der Waals surface area contributed by atoms with Gasteiger partial charge in [-0.15, -0.1) is 0 Å². The van der Waals surface area contributed by atoms with Crippen LogP contribution < -0.4 is 5.32 Å². The maximum atomic E-state index is 13.2. The van der Waals surface area contributed by atoms with Crippen molar-refractivity contribution < 1.29 is 18.0 Å². The Balaban J connectivity index is 1.52. The Morgan fingerprint density at radius 3 is 2.80 bits per heavy atom. The second-order valence-corrected chi connectivity index (χ2v) is 6.77. The van der Waals surface area contributed by atoms with Gasteiger partial charge < -0.3 is 5.32 Å². The number of aryl methyl sites for hydroxylation is 2. The molecule has 0 saturated heterocycles. The quantitative estimate of drug-likeness (QED) is 0.919. The molecule has 4 nitrogen and oxygen atoms in total. The molecule has 132 valence electrons. The lowest BCUT2D eigenvalue weighted by molar-refractivity contribution is -0.138. The molecule has 0 radical (unpaired) electrons. The molecule has 2 atom stereocenters. The molecule has 1 aromatic carbocycles. The van der Waals surface area contributed by atoms with Gasteiger partial charge in [0.1, 0.15) is 5.82 Å². The van der Waals surface area contributed by atoms with Gasteiger partial charge in [0.2, 0.25) is 5.91 Å². The number of nitrogens with one attached hydrogen (secondary N) is 1. The van der Waals surface area contributed by atoms with Crippen LogP contribution >= 0.6 is 0 Å². The summed E-state index contributed by atoms with van der Waals surface area (Å²) in [6, 6.07) is 5.52. The monoisotopic (exact) mass is 349 g/mol. The summed E-state index contributed by atoms with van der Waals surface area (Å²) in [7, 11) is 1.78. The van der Waals surface area contributed by atoms with Crippen molar-refractivity contribution >= 4 is 11.7 Å². The van der Waals surface area contributed by atoms with Gasteiger partial charge in [-0.2, -0.15) is 18.3 Å². The van der Waals surface area contributed by atoms with E-state index in [4.69, 9.17) is 0 Å². The maximum Gasteiger partial charge on any atom is 0.416 e. The van der Waals surface area contributed by atoms with Gasteiger partial charge in [0.15, 0.2) is 0 Å². The number of hydrogen-bond acceptors (Lipinski definition) is 2. The second kappa shape index (κ2) is 5.61. The van der Waals surface area contributed by atoms with Crippen molar-refractivity contribution in [2.75, 3.05) is 5.32 Å². The molecule has 2 unspecified atom stereocenters. The Kier molecular flexibility index (Phi) is 3.63. The minimum absolute atomic E-state index is 0.213. The van der Waals surface area contributed by atoms with Gasteiger partial charge in [-0.1, -0.05) is 18.2 Å². The van der Waals surface area contributed by atoms with Crippen LogP contribution in [0.1, 0.15) is 41.1 Å². The largest absolute Gasteiger partial charge is 0.416 e. The Hall–Kier alpha value is -2.31. The Morgan fingerprint density at radius 1 is 1.28 bits per heavy atom. The van der Waals surface area contributed by atoms with Gasteiger partial charge in [0, 0.05) is 18.5 Å². The van der Waals surface area contributed by atoms with Crippen molar-refractivity contribution in [2.45, 2.75) is 37.8 Å². The van der Waals surface area contributed by atoms with Gasteiger partial charge in [0.25, 0.3) is 0 Å². The highest BCUT2D eigenvalue weighted by molar-refractivity contribution is 5.95. The van der Waals surface area contributed by atoms with E-state index in [1.54, 1.807) is 17.8 Å². The molecule has 2 aliphatic carbocycles. The number of benzene rings is 1. The van der Waals surface area contributed by atoms with Gasteiger partial charge in [-0.25, -0.2) is 0 Å². The number of carbonyl (C=O) groups is 1. The highest BCUT2D eigenvalue weighted by atomic mass is 19.4. The average molecular weight is 349 g/mol. The number of amides is 1. The fraction of sp³-hybridized carbons (Fsp3) is 0.444. The van der Waals surface area contributed by atoms with Crippen molar-refractivity contribution in [2.24, 2.45) is 13.0 Å². The van der Waals surface area contributed by atoms with Crippen LogP contribution in [-0.2, 0) is 30.9 Å². The number of halogens is 3. The zero-order valence-electron chi connectivity index (χ0n) is 13.7. The number of fused-ring (bicyclic) bond motifs is 1. The molecular formula is C18H18F3N3O. The van der Waals surface area contributed by atoms with Crippen molar-refractivity contribution in [1.29, 1.82) is 0 Å². The molecule has 1 saturated carbocycles. The SMILES string of the molecule is Cn1nc2c(c1NC(=O)C1CC1c1ccccc1C(F)(F)F)CCC2. The molecule has 0 aliphatic heterocycles. The maximum absolute atomic E-state index is 13.2. The lowest BCUT2D eigenvalue weighted by Crippen LogP contribution is -2.18. The first-order valence-electron chi connectivity index (χ1n) is 8.38. The summed E-state index contributed by atoms with van der Waals surface area (Å²) < 4.78 is 41.1. The van der Waals surface area contributed by atoms with E-state index in [-0.39, 0.29) is 17.4 Å².